The molecule has 0 unspecified atom stereocenters. The molecule has 5 heterocycles. The molecule has 1 aliphatic rings. The van der Waals surface area contributed by atoms with Gasteiger partial charge < -0.3 is 15.8 Å². The van der Waals surface area contributed by atoms with E-state index in [1.54, 1.807) is 23.5 Å². The van der Waals surface area contributed by atoms with Crippen molar-refractivity contribution in [2.45, 2.75) is 32.9 Å². The summed E-state index contributed by atoms with van der Waals surface area (Å²) in [5.74, 6) is 0.848. The lowest BCUT2D eigenvalue weighted by Crippen LogP contribution is -2.13. The highest BCUT2D eigenvalue weighted by molar-refractivity contribution is 7.09. The van der Waals surface area contributed by atoms with Gasteiger partial charge in [0.05, 0.1) is 30.1 Å². The molecule has 1 aliphatic heterocycles. The largest absolute Gasteiger partial charge is 0.375 e. The molecule has 0 saturated carbocycles. The standard InChI is InChI=1S/C22H22N6O2S/c1-13-18(28-8-2-6-16(19(23)29)22(28)25-13)21-26-17-12-30-9-3-7-15(17)20(27-21)24-11-14-5-4-10-31-14/h2,4-6,8,10H,3,7,9,11-12H2,1H3,(H2,23,29)(H,24,26,27). The molecule has 5 rings (SSSR count). The van der Waals surface area contributed by atoms with Crippen molar-refractivity contribution in [1.82, 2.24) is 19.4 Å². The van der Waals surface area contributed by atoms with Crippen molar-refractivity contribution in [1.29, 1.82) is 0 Å². The van der Waals surface area contributed by atoms with Gasteiger partial charge in [-0.05, 0) is 43.3 Å². The second-order valence-corrected chi connectivity index (χ2v) is 8.47. The Morgan fingerprint density at radius 1 is 1.29 bits per heavy atom. The first-order valence-corrected chi connectivity index (χ1v) is 11.0. The highest BCUT2D eigenvalue weighted by Gasteiger charge is 2.22. The highest BCUT2D eigenvalue weighted by Crippen LogP contribution is 2.29. The van der Waals surface area contributed by atoms with Crippen molar-refractivity contribution in [2.24, 2.45) is 5.73 Å². The third kappa shape index (κ3) is 3.66. The molecule has 0 spiro atoms. The zero-order valence-corrected chi connectivity index (χ0v) is 17.9. The van der Waals surface area contributed by atoms with Crippen LogP contribution in [0.5, 0.6) is 0 Å². The summed E-state index contributed by atoms with van der Waals surface area (Å²) < 4.78 is 7.60. The summed E-state index contributed by atoms with van der Waals surface area (Å²) in [5.41, 5.74) is 9.87. The number of pyridine rings is 1. The molecule has 0 aliphatic carbocycles. The Balaban J connectivity index is 1.65. The molecule has 4 aromatic heterocycles. The summed E-state index contributed by atoms with van der Waals surface area (Å²) in [6.07, 6.45) is 3.64. The maximum Gasteiger partial charge on any atom is 0.252 e. The van der Waals surface area contributed by atoms with E-state index in [9.17, 15) is 4.79 Å². The number of carbonyl (C=O) groups excluding carboxylic acids is 1. The number of primary amides is 1. The average Bonchev–Trinajstić information content (AvgIpc) is 3.32. The lowest BCUT2D eigenvalue weighted by Gasteiger charge is -2.14. The molecule has 9 heteroatoms. The van der Waals surface area contributed by atoms with Crippen molar-refractivity contribution in [3.8, 4) is 11.5 Å². The number of ether oxygens (including phenoxy) is 1. The Labute approximate surface area is 183 Å². The summed E-state index contributed by atoms with van der Waals surface area (Å²) >= 11 is 1.71. The van der Waals surface area contributed by atoms with Crippen molar-refractivity contribution in [2.75, 3.05) is 11.9 Å². The van der Waals surface area contributed by atoms with Gasteiger partial charge in [-0.2, -0.15) is 0 Å². The first-order valence-electron chi connectivity index (χ1n) is 10.1. The Morgan fingerprint density at radius 2 is 2.19 bits per heavy atom. The molecule has 0 aromatic carbocycles. The molecule has 0 bridgehead atoms. The van der Waals surface area contributed by atoms with Gasteiger partial charge in [-0.15, -0.1) is 11.3 Å². The lowest BCUT2D eigenvalue weighted by atomic mass is 10.1. The van der Waals surface area contributed by atoms with Crippen LogP contribution in [-0.4, -0.2) is 31.9 Å². The number of rotatable bonds is 5. The monoisotopic (exact) mass is 434 g/mol. The number of aromatic nitrogens is 4. The zero-order valence-electron chi connectivity index (χ0n) is 17.1. The maximum absolute atomic E-state index is 11.9. The lowest BCUT2D eigenvalue weighted by molar-refractivity contribution is 0.100. The average molecular weight is 435 g/mol. The van der Waals surface area contributed by atoms with Gasteiger partial charge in [0.15, 0.2) is 5.82 Å². The normalized spacial score (nSPS) is 13.7. The van der Waals surface area contributed by atoms with Gasteiger partial charge in [0.1, 0.15) is 17.2 Å². The van der Waals surface area contributed by atoms with Crippen molar-refractivity contribution in [3.05, 3.63) is 63.2 Å². The first kappa shape index (κ1) is 19.7. The summed E-state index contributed by atoms with van der Waals surface area (Å²) in [7, 11) is 0. The van der Waals surface area contributed by atoms with Crippen LogP contribution >= 0.6 is 11.3 Å². The third-order valence-corrected chi connectivity index (χ3v) is 6.24. The fourth-order valence-corrected chi connectivity index (χ4v) is 4.56. The number of nitrogens with zero attached hydrogens (tertiary/aromatic N) is 4. The Morgan fingerprint density at radius 3 is 3.00 bits per heavy atom. The van der Waals surface area contributed by atoms with Gasteiger partial charge in [-0.25, -0.2) is 15.0 Å². The van der Waals surface area contributed by atoms with Crippen molar-refractivity contribution >= 4 is 28.7 Å². The molecule has 0 saturated heterocycles. The molecule has 31 heavy (non-hydrogen) atoms. The number of aryl methyl sites for hydroxylation is 1. The van der Waals surface area contributed by atoms with Crippen LogP contribution in [-0.2, 0) is 24.3 Å². The van der Waals surface area contributed by atoms with Crippen LogP contribution in [0.3, 0.4) is 0 Å². The van der Waals surface area contributed by atoms with E-state index in [2.05, 4.69) is 21.7 Å². The van der Waals surface area contributed by atoms with Crippen molar-refractivity contribution in [3.63, 3.8) is 0 Å². The summed E-state index contributed by atoms with van der Waals surface area (Å²) in [6, 6.07) is 7.59. The van der Waals surface area contributed by atoms with Crippen LogP contribution in [0.25, 0.3) is 17.2 Å². The van der Waals surface area contributed by atoms with Gasteiger partial charge in [0.2, 0.25) is 0 Å². The Bertz CT molecular complexity index is 1260. The van der Waals surface area contributed by atoms with Gasteiger partial charge in [0.25, 0.3) is 5.91 Å². The summed E-state index contributed by atoms with van der Waals surface area (Å²) in [5, 5.41) is 5.57. The topological polar surface area (TPSA) is 107 Å². The minimum atomic E-state index is -0.517. The van der Waals surface area contributed by atoms with Crippen molar-refractivity contribution < 1.29 is 9.53 Å². The van der Waals surface area contributed by atoms with E-state index in [-0.39, 0.29) is 0 Å². The first-order chi connectivity index (χ1) is 15.1. The van der Waals surface area contributed by atoms with Gasteiger partial charge in [-0.3, -0.25) is 9.20 Å². The zero-order chi connectivity index (χ0) is 21.4. The van der Waals surface area contributed by atoms with Crippen LogP contribution in [0.15, 0.2) is 35.8 Å². The number of amides is 1. The Kier molecular flexibility index (Phi) is 5.13. The van der Waals surface area contributed by atoms with E-state index in [1.807, 2.05) is 23.6 Å². The Hall–Kier alpha value is -3.30. The number of hydrogen-bond donors (Lipinski definition) is 2. The molecule has 158 valence electrons. The number of thiophene rings is 1. The van der Waals surface area contributed by atoms with E-state index in [4.69, 9.17) is 20.4 Å². The number of nitrogens with two attached hydrogens (primary N) is 1. The van der Waals surface area contributed by atoms with Crippen LogP contribution in [0.1, 0.15) is 38.6 Å². The number of imidazole rings is 1. The maximum atomic E-state index is 11.9. The predicted molar refractivity (Wildman–Crippen MR) is 119 cm³/mol. The van der Waals surface area contributed by atoms with E-state index >= 15 is 0 Å². The van der Waals surface area contributed by atoms with E-state index < -0.39 is 5.91 Å². The van der Waals surface area contributed by atoms with Crippen LogP contribution in [0.2, 0.25) is 0 Å². The molecule has 0 atom stereocenters. The molecule has 8 nitrogen and oxygen atoms in total. The van der Waals surface area contributed by atoms with Crippen LogP contribution in [0.4, 0.5) is 5.82 Å². The van der Waals surface area contributed by atoms with Crippen LogP contribution in [0, 0.1) is 6.92 Å². The fraction of sp³-hybridized carbons (Fsp3) is 0.273. The van der Waals surface area contributed by atoms with Crippen LogP contribution < -0.4 is 11.1 Å². The molecule has 1 amide bonds. The molecular weight excluding hydrogens is 412 g/mol. The van der Waals surface area contributed by atoms with Gasteiger partial charge in [-0.1, -0.05) is 6.07 Å². The van der Waals surface area contributed by atoms with Gasteiger partial charge >= 0.3 is 0 Å². The summed E-state index contributed by atoms with van der Waals surface area (Å²) in [6.45, 7) is 3.73. The highest BCUT2D eigenvalue weighted by atomic mass is 32.1. The quantitative estimate of drug-likeness (QED) is 0.499. The molecule has 0 radical (unpaired) electrons. The minimum absolute atomic E-state index is 0.367. The number of anilines is 1. The molecular formula is C22H22N6O2S. The number of fused-ring (bicyclic) bond motifs is 2. The predicted octanol–water partition coefficient (Wildman–Crippen LogP) is 3.34. The molecule has 0 fully saturated rings. The second-order valence-electron chi connectivity index (χ2n) is 7.44. The number of carbonyl (C=O) groups is 1. The second kappa shape index (κ2) is 8.09. The smallest absolute Gasteiger partial charge is 0.252 e. The SMILES string of the molecule is Cc1nc2c(C(N)=O)cccn2c1-c1nc2c(c(NCc3cccs3)n1)CCCOC2. The number of nitrogens with one attached hydrogen (secondary N) is 1. The molecule has 4 aromatic rings. The fourth-order valence-electron chi connectivity index (χ4n) is 3.91. The third-order valence-electron chi connectivity index (χ3n) is 5.36. The molecule has 3 N–H and O–H groups in total. The minimum Gasteiger partial charge on any atom is -0.375 e. The van der Waals surface area contributed by atoms with E-state index in [0.717, 1.165) is 41.3 Å². The number of hydrogen-bond acceptors (Lipinski definition) is 7. The van der Waals surface area contributed by atoms with Gasteiger partial charge in [0, 0.05) is 23.2 Å². The summed E-state index contributed by atoms with van der Waals surface area (Å²) in [4.78, 5) is 27.4. The van der Waals surface area contributed by atoms with E-state index in [1.165, 1.54) is 4.88 Å². The van der Waals surface area contributed by atoms with E-state index in [0.29, 0.717) is 36.8 Å².